The lowest BCUT2D eigenvalue weighted by Crippen LogP contribution is -2.17. The zero-order chi connectivity index (χ0) is 24.7. The molecule has 0 bridgehead atoms. The topological polar surface area (TPSA) is 55.8 Å². The lowest BCUT2D eigenvalue weighted by Gasteiger charge is -2.25. The van der Waals surface area contributed by atoms with Gasteiger partial charge in [-0.25, -0.2) is 4.57 Å². The summed E-state index contributed by atoms with van der Waals surface area (Å²) in [4.78, 5) is 10.3. The lowest BCUT2D eigenvalue weighted by molar-refractivity contribution is 0.0722. The van der Waals surface area contributed by atoms with E-state index >= 15 is 0 Å². The Hall–Kier alpha value is 0.110. The van der Waals surface area contributed by atoms with Gasteiger partial charge in [-0.15, -0.1) is 0 Å². The summed E-state index contributed by atoms with van der Waals surface area (Å²) in [7, 11) is -3.94. The van der Waals surface area contributed by atoms with Crippen LogP contribution in [0.25, 0.3) is 0 Å². The molecular formula is C29H59O4P. The monoisotopic (exact) mass is 502 g/mol. The number of hydrogen-bond acceptors (Lipinski definition) is 3. The average Bonchev–Trinajstić information content (AvgIpc) is 2.83. The van der Waals surface area contributed by atoms with Crippen LogP contribution in [0.5, 0.6) is 0 Å². The van der Waals surface area contributed by atoms with Crippen LogP contribution in [0, 0.1) is 5.92 Å². The Balaban J connectivity index is 2.27. The largest absolute Gasteiger partial charge is 0.472 e. The van der Waals surface area contributed by atoms with Crippen LogP contribution in [0.15, 0.2) is 0 Å². The molecule has 34 heavy (non-hydrogen) atoms. The molecule has 1 N–H and O–H groups in total. The molecule has 4 nitrogen and oxygen atoms in total. The molecule has 1 rings (SSSR count). The maximum atomic E-state index is 12.5. The average molecular weight is 503 g/mol. The van der Waals surface area contributed by atoms with Crippen molar-refractivity contribution < 1.29 is 18.5 Å². The van der Waals surface area contributed by atoms with E-state index in [4.69, 9.17) is 9.05 Å². The maximum Gasteiger partial charge on any atom is 0.472 e. The van der Waals surface area contributed by atoms with Gasteiger partial charge in [-0.1, -0.05) is 142 Å². The Labute approximate surface area is 213 Å². The summed E-state index contributed by atoms with van der Waals surface area (Å²) < 4.78 is 23.6. The van der Waals surface area contributed by atoms with Crippen molar-refractivity contribution in [3.05, 3.63) is 0 Å². The van der Waals surface area contributed by atoms with Crippen molar-refractivity contribution in [2.24, 2.45) is 5.92 Å². The van der Waals surface area contributed by atoms with Crippen LogP contribution < -0.4 is 0 Å². The van der Waals surface area contributed by atoms with Crippen molar-refractivity contribution in [2.75, 3.05) is 6.61 Å². The molecule has 0 aliphatic heterocycles. The second kappa shape index (κ2) is 22.3. The van der Waals surface area contributed by atoms with Gasteiger partial charge in [0.05, 0.1) is 12.7 Å². The summed E-state index contributed by atoms with van der Waals surface area (Å²) in [5.41, 5.74) is 0. The van der Waals surface area contributed by atoms with Gasteiger partial charge in [0.2, 0.25) is 0 Å². The van der Waals surface area contributed by atoms with Gasteiger partial charge in [0, 0.05) is 0 Å². The van der Waals surface area contributed by atoms with Crippen molar-refractivity contribution in [3.63, 3.8) is 0 Å². The molecule has 0 saturated heterocycles. The minimum Gasteiger partial charge on any atom is -0.302 e. The lowest BCUT2D eigenvalue weighted by atomic mass is 9.94. The Morgan fingerprint density at radius 3 is 1.53 bits per heavy atom. The number of rotatable bonds is 24. The highest BCUT2D eigenvalue weighted by Crippen LogP contribution is 2.47. The second-order valence-corrected chi connectivity index (χ2v) is 12.3. The second-order valence-electron chi connectivity index (χ2n) is 10.9. The predicted molar refractivity (Wildman–Crippen MR) is 146 cm³/mol. The highest BCUT2D eigenvalue weighted by molar-refractivity contribution is 7.47. The molecule has 0 amide bonds. The fourth-order valence-corrected chi connectivity index (χ4v) is 6.26. The minimum atomic E-state index is -3.94. The van der Waals surface area contributed by atoms with E-state index in [-0.39, 0.29) is 6.10 Å². The molecule has 0 radical (unpaired) electrons. The molecule has 1 fully saturated rings. The summed E-state index contributed by atoms with van der Waals surface area (Å²) in [6, 6.07) is 0. The third-order valence-corrected chi connectivity index (χ3v) is 8.53. The molecule has 2 unspecified atom stereocenters. The number of unbranched alkanes of at least 4 members (excludes halogenated alkanes) is 15. The normalized spacial score (nSPS) is 17.6. The molecule has 1 aliphatic carbocycles. The Bertz CT molecular complexity index is 479. The molecule has 2 atom stereocenters. The third kappa shape index (κ3) is 19.3. The molecular weight excluding hydrogens is 443 g/mol. The van der Waals surface area contributed by atoms with Crippen LogP contribution in [0.2, 0.25) is 0 Å². The molecule has 1 aliphatic rings. The first-order valence-corrected chi connectivity index (χ1v) is 16.7. The highest BCUT2D eigenvalue weighted by atomic mass is 31.2. The molecule has 0 heterocycles. The Morgan fingerprint density at radius 2 is 1.09 bits per heavy atom. The van der Waals surface area contributed by atoms with Crippen molar-refractivity contribution in [3.8, 4) is 0 Å². The van der Waals surface area contributed by atoms with Gasteiger partial charge >= 0.3 is 7.82 Å². The van der Waals surface area contributed by atoms with Gasteiger partial charge in [0.1, 0.15) is 0 Å². The van der Waals surface area contributed by atoms with Gasteiger partial charge in [0.25, 0.3) is 0 Å². The minimum absolute atomic E-state index is 0.104. The van der Waals surface area contributed by atoms with E-state index < -0.39 is 7.82 Å². The summed E-state index contributed by atoms with van der Waals surface area (Å²) in [6.45, 7) is 4.90. The molecule has 0 spiro atoms. The van der Waals surface area contributed by atoms with E-state index in [9.17, 15) is 9.46 Å². The van der Waals surface area contributed by atoms with Gasteiger partial charge in [-0.2, -0.15) is 0 Å². The summed E-state index contributed by atoms with van der Waals surface area (Å²) >= 11 is 0. The fourth-order valence-electron chi connectivity index (χ4n) is 5.21. The van der Waals surface area contributed by atoms with E-state index in [0.29, 0.717) is 12.5 Å². The van der Waals surface area contributed by atoms with Crippen molar-refractivity contribution in [1.29, 1.82) is 0 Å². The SMILES string of the molecule is CCCCCCCCCCCC(CCCCCCCCCC)COP(=O)(O)OC1CCCCC1. The Kier molecular flexibility index (Phi) is 21.1. The van der Waals surface area contributed by atoms with Crippen LogP contribution >= 0.6 is 7.82 Å². The van der Waals surface area contributed by atoms with E-state index in [1.807, 2.05) is 0 Å². The van der Waals surface area contributed by atoms with Crippen LogP contribution in [0.4, 0.5) is 0 Å². The van der Waals surface area contributed by atoms with Crippen molar-refractivity contribution >= 4 is 7.82 Å². The third-order valence-electron chi connectivity index (χ3n) is 7.49. The molecule has 1 saturated carbocycles. The zero-order valence-electron chi connectivity index (χ0n) is 23.0. The van der Waals surface area contributed by atoms with Crippen molar-refractivity contribution in [1.82, 2.24) is 0 Å². The zero-order valence-corrected chi connectivity index (χ0v) is 23.8. The summed E-state index contributed by atoms with van der Waals surface area (Å²) in [6.07, 6.45) is 29.8. The first kappa shape index (κ1) is 32.1. The van der Waals surface area contributed by atoms with Gasteiger partial charge < -0.3 is 4.89 Å². The number of hydrogen-bond donors (Lipinski definition) is 1. The van der Waals surface area contributed by atoms with E-state index in [1.165, 1.54) is 116 Å². The maximum absolute atomic E-state index is 12.5. The smallest absolute Gasteiger partial charge is 0.302 e. The van der Waals surface area contributed by atoms with E-state index in [1.54, 1.807) is 0 Å². The predicted octanol–water partition coefficient (Wildman–Crippen LogP) is 10.5. The van der Waals surface area contributed by atoms with Crippen molar-refractivity contribution in [2.45, 2.75) is 174 Å². The quantitative estimate of drug-likeness (QED) is 0.105. The standard InChI is InChI=1S/C29H59O4P/c1-3-5-7-9-11-13-15-17-20-24-28(23-19-16-14-12-10-8-6-4-2)27-32-34(30,31)33-29-25-21-18-22-26-29/h28-29H,3-27H2,1-2H3,(H,30,31). The molecule has 204 valence electrons. The molecule has 0 aromatic rings. The first-order chi connectivity index (χ1) is 16.6. The van der Waals surface area contributed by atoms with Crippen LogP contribution in [-0.2, 0) is 13.6 Å². The molecule has 0 aromatic carbocycles. The van der Waals surface area contributed by atoms with E-state index in [0.717, 1.165) is 38.5 Å². The summed E-state index contributed by atoms with van der Waals surface area (Å²) in [5, 5.41) is 0. The van der Waals surface area contributed by atoms with Crippen LogP contribution in [0.3, 0.4) is 0 Å². The van der Waals surface area contributed by atoms with Crippen LogP contribution in [0.1, 0.15) is 168 Å². The summed E-state index contributed by atoms with van der Waals surface area (Å²) in [5.74, 6) is 0.375. The van der Waals surface area contributed by atoms with E-state index in [2.05, 4.69) is 13.8 Å². The number of phosphoric acid groups is 1. The van der Waals surface area contributed by atoms with Gasteiger partial charge in [-0.05, 0) is 31.6 Å². The fraction of sp³-hybridized carbons (Fsp3) is 1.00. The first-order valence-electron chi connectivity index (χ1n) is 15.2. The van der Waals surface area contributed by atoms with Crippen LogP contribution in [-0.4, -0.2) is 17.6 Å². The van der Waals surface area contributed by atoms with Gasteiger partial charge in [0.15, 0.2) is 0 Å². The molecule has 0 aromatic heterocycles. The molecule has 5 heteroatoms. The highest BCUT2D eigenvalue weighted by Gasteiger charge is 2.28. The Morgan fingerprint density at radius 1 is 0.676 bits per heavy atom. The van der Waals surface area contributed by atoms with Gasteiger partial charge in [-0.3, -0.25) is 9.05 Å². The number of phosphoric ester groups is 1.